The van der Waals surface area contributed by atoms with E-state index in [2.05, 4.69) is 6.58 Å². The summed E-state index contributed by atoms with van der Waals surface area (Å²) < 4.78 is 64.4. The zero-order valence-electron chi connectivity index (χ0n) is 21.2. The number of alkyl halides is 3. The maximum Gasteiger partial charge on any atom is 0.432 e. The zero-order chi connectivity index (χ0) is 27.5. The van der Waals surface area contributed by atoms with Crippen molar-refractivity contribution in [2.24, 2.45) is 11.8 Å². The molecule has 1 aromatic rings. The van der Waals surface area contributed by atoms with Crippen LogP contribution in [0.1, 0.15) is 45.6 Å². The van der Waals surface area contributed by atoms with E-state index in [0.717, 1.165) is 19.2 Å². The molecule has 1 fully saturated rings. The second-order valence-corrected chi connectivity index (χ2v) is 9.45. The van der Waals surface area contributed by atoms with Gasteiger partial charge in [0, 0.05) is 37.5 Å². The summed E-state index contributed by atoms with van der Waals surface area (Å²) in [6.45, 7) is 8.38. The Bertz CT molecular complexity index is 1070. The Morgan fingerprint density at radius 3 is 2.41 bits per heavy atom. The van der Waals surface area contributed by atoms with Crippen LogP contribution in [0.4, 0.5) is 13.2 Å². The van der Waals surface area contributed by atoms with Crippen LogP contribution in [0.15, 0.2) is 54.1 Å². The van der Waals surface area contributed by atoms with Gasteiger partial charge in [-0.25, -0.2) is 9.59 Å². The van der Waals surface area contributed by atoms with Crippen molar-refractivity contribution in [1.82, 2.24) is 0 Å². The van der Waals surface area contributed by atoms with Gasteiger partial charge in [0.15, 0.2) is 0 Å². The minimum atomic E-state index is -5.14. The molecule has 0 N–H and O–H groups in total. The summed E-state index contributed by atoms with van der Waals surface area (Å²) in [6.07, 6.45) is -5.14. The summed E-state index contributed by atoms with van der Waals surface area (Å²) in [5, 5.41) is 0. The molecular weight excluding hydrogens is 493 g/mol. The first-order chi connectivity index (χ1) is 17.3. The molecule has 2 aliphatic rings. The van der Waals surface area contributed by atoms with Crippen molar-refractivity contribution in [1.29, 1.82) is 0 Å². The van der Waals surface area contributed by atoms with Crippen LogP contribution in [0.2, 0.25) is 0 Å². The molecule has 0 saturated carbocycles. The van der Waals surface area contributed by atoms with Gasteiger partial charge in [-0.3, -0.25) is 4.79 Å². The Hall–Kier alpha value is -3.14. The van der Waals surface area contributed by atoms with Crippen molar-refractivity contribution in [3.8, 4) is 0 Å². The fraction of sp³-hybridized carbons (Fsp3) is 0.519. The molecule has 10 heteroatoms. The molecule has 1 heterocycles. The van der Waals surface area contributed by atoms with E-state index in [1.807, 2.05) is 6.92 Å². The maximum atomic E-state index is 14.4. The number of hydrogen-bond acceptors (Lipinski definition) is 7. The van der Waals surface area contributed by atoms with Crippen LogP contribution in [-0.2, 0) is 38.9 Å². The van der Waals surface area contributed by atoms with Gasteiger partial charge in [0.05, 0.1) is 0 Å². The van der Waals surface area contributed by atoms with Crippen molar-refractivity contribution in [3.05, 3.63) is 59.7 Å². The minimum Gasteiger partial charge on any atom is -0.463 e. The number of hydrogen-bond donors (Lipinski definition) is 0. The van der Waals surface area contributed by atoms with Gasteiger partial charge in [0.2, 0.25) is 0 Å². The van der Waals surface area contributed by atoms with E-state index >= 15 is 0 Å². The third-order valence-corrected chi connectivity index (χ3v) is 6.89. The molecular formula is C27H31F3O7. The maximum absolute atomic E-state index is 14.4. The molecule has 0 aromatic heterocycles. The average Bonchev–Trinajstić information content (AvgIpc) is 2.96. The molecule has 1 aromatic carbocycles. The predicted molar refractivity (Wildman–Crippen MR) is 126 cm³/mol. The largest absolute Gasteiger partial charge is 0.463 e. The Kier molecular flexibility index (Phi) is 8.52. The number of fused-ring (bicyclic) bond motifs is 1. The lowest BCUT2D eigenvalue weighted by molar-refractivity contribution is -0.278. The standard InChI is InChI=1S/C27H31F3O7/c1-15-13-22-21(17(3)24(32)36-22)12-11-20(15)23(14-16(2)35-18(4)31)37-25(33)26(34-5,27(28,29)30)19-9-7-6-8-10-19/h6-11,15-16,21-23H,3,12-14H2,1-2,4-5H3/t15-,16-,21+,22+,23-,26-/m0/s1. The quantitative estimate of drug-likeness (QED) is 0.209. The molecule has 6 atom stereocenters. The minimum absolute atomic E-state index is 0.0794. The van der Waals surface area contributed by atoms with Gasteiger partial charge in [0.1, 0.15) is 18.3 Å². The van der Waals surface area contributed by atoms with Gasteiger partial charge in [0.25, 0.3) is 5.60 Å². The van der Waals surface area contributed by atoms with Crippen molar-refractivity contribution in [3.63, 3.8) is 0 Å². The molecule has 0 amide bonds. The fourth-order valence-corrected chi connectivity index (χ4v) is 5.06. The Labute approximate surface area is 213 Å². The summed E-state index contributed by atoms with van der Waals surface area (Å²) in [5.41, 5.74) is -2.92. The molecule has 0 radical (unpaired) electrons. The van der Waals surface area contributed by atoms with Crippen LogP contribution in [0, 0.1) is 11.8 Å². The molecule has 37 heavy (non-hydrogen) atoms. The first-order valence-corrected chi connectivity index (χ1v) is 12.0. The van der Waals surface area contributed by atoms with Crippen molar-refractivity contribution >= 4 is 17.9 Å². The SMILES string of the molecule is C=C1C(=O)O[C@@H]2C[C@H](C)C([C@H](C[C@H](C)OC(C)=O)OC(=O)[C@@](OC)(c3ccccc3)C(F)(F)F)=CC[C@H]12. The Balaban J connectivity index is 2.00. The summed E-state index contributed by atoms with van der Waals surface area (Å²) >= 11 is 0. The highest BCUT2D eigenvalue weighted by Crippen LogP contribution is 2.45. The van der Waals surface area contributed by atoms with E-state index in [1.54, 1.807) is 13.0 Å². The third-order valence-electron chi connectivity index (χ3n) is 6.89. The van der Waals surface area contributed by atoms with Gasteiger partial charge >= 0.3 is 24.1 Å². The molecule has 1 aliphatic heterocycles. The molecule has 1 aliphatic carbocycles. The van der Waals surface area contributed by atoms with Crippen LogP contribution in [-0.4, -0.2) is 49.5 Å². The van der Waals surface area contributed by atoms with Gasteiger partial charge in [-0.05, 0) is 31.3 Å². The highest BCUT2D eigenvalue weighted by atomic mass is 19.4. The van der Waals surface area contributed by atoms with Gasteiger partial charge < -0.3 is 18.9 Å². The monoisotopic (exact) mass is 524 g/mol. The summed E-state index contributed by atoms with van der Waals surface area (Å²) in [7, 11) is 0.799. The Morgan fingerprint density at radius 1 is 1.19 bits per heavy atom. The second-order valence-electron chi connectivity index (χ2n) is 9.45. The van der Waals surface area contributed by atoms with E-state index in [0.29, 0.717) is 24.0 Å². The number of carbonyl (C=O) groups excluding carboxylic acids is 3. The smallest absolute Gasteiger partial charge is 0.432 e. The number of carbonyl (C=O) groups is 3. The van der Waals surface area contributed by atoms with Crippen molar-refractivity contribution < 1.29 is 46.5 Å². The summed E-state index contributed by atoms with van der Waals surface area (Å²) in [5.74, 6) is -3.29. The van der Waals surface area contributed by atoms with Crippen molar-refractivity contribution in [2.45, 2.75) is 70.1 Å². The van der Waals surface area contributed by atoms with E-state index in [4.69, 9.17) is 18.9 Å². The highest BCUT2D eigenvalue weighted by molar-refractivity contribution is 5.90. The number of benzene rings is 1. The number of allylic oxidation sites excluding steroid dienone is 1. The predicted octanol–water partition coefficient (Wildman–Crippen LogP) is 4.80. The fourth-order valence-electron chi connectivity index (χ4n) is 5.06. The molecule has 0 bridgehead atoms. The molecule has 202 valence electrons. The molecule has 7 nitrogen and oxygen atoms in total. The van der Waals surface area contributed by atoms with Crippen molar-refractivity contribution in [2.75, 3.05) is 7.11 Å². The lowest BCUT2D eigenvalue weighted by Gasteiger charge is -2.35. The van der Waals surface area contributed by atoms with Crippen LogP contribution < -0.4 is 0 Å². The molecule has 0 unspecified atom stereocenters. The highest BCUT2D eigenvalue weighted by Gasteiger charge is 2.64. The second kappa shape index (κ2) is 11.1. The summed E-state index contributed by atoms with van der Waals surface area (Å²) in [4.78, 5) is 36.9. The van der Waals surface area contributed by atoms with Gasteiger partial charge in [-0.2, -0.15) is 13.2 Å². The first kappa shape index (κ1) is 28.4. The number of esters is 3. The lowest BCUT2D eigenvalue weighted by atomic mass is 9.88. The third kappa shape index (κ3) is 5.74. The molecule has 3 rings (SSSR count). The van der Waals surface area contributed by atoms with E-state index < -0.39 is 53.6 Å². The van der Waals surface area contributed by atoms with Gasteiger partial charge in [-0.1, -0.05) is 49.9 Å². The van der Waals surface area contributed by atoms with E-state index in [-0.39, 0.29) is 18.3 Å². The normalized spacial score (nSPS) is 25.1. The topological polar surface area (TPSA) is 88.1 Å². The first-order valence-electron chi connectivity index (χ1n) is 12.0. The lowest BCUT2D eigenvalue weighted by Crippen LogP contribution is -2.53. The average molecular weight is 525 g/mol. The van der Waals surface area contributed by atoms with Crippen LogP contribution >= 0.6 is 0 Å². The number of rotatable bonds is 8. The van der Waals surface area contributed by atoms with E-state index in [9.17, 15) is 27.6 Å². The zero-order valence-corrected chi connectivity index (χ0v) is 21.2. The van der Waals surface area contributed by atoms with E-state index in [1.165, 1.54) is 25.1 Å². The van der Waals surface area contributed by atoms with Crippen LogP contribution in [0.25, 0.3) is 0 Å². The Morgan fingerprint density at radius 2 is 1.84 bits per heavy atom. The number of halogens is 3. The number of ether oxygens (including phenoxy) is 4. The van der Waals surface area contributed by atoms with Crippen LogP contribution in [0.5, 0.6) is 0 Å². The number of methoxy groups -OCH3 is 1. The van der Waals surface area contributed by atoms with Gasteiger partial charge in [-0.15, -0.1) is 0 Å². The summed E-state index contributed by atoms with van der Waals surface area (Å²) in [6, 6.07) is 6.54. The molecule has 1 saturated heterocycles. The van der Waals surface area contributed by atoms with Crippen LogP contribution in [0.3, 0.4) is 0 Å². The molecule has 0 spiro atoms.